The molecular formula is C26H33BrFN3O6. The van der Waals surface area contributed by atoms with Crippen LogP contribution in [0.3, 0.4) is 0 Å². The van der Waals surface area contributed by atoms with Crippen LogP contribution < -0.4 is 15.1 Å². The first-order chi connectivity index (χ1) is 17.0. The summed E-state index contributed by atoms with van der Waals surface area (Å²) in [6.07, 6.45) is -3.15. The number of anilines is 3. The topological polar surface area (TPSA) is 108 Å². The van der Waals surface area contributed by atoms with Gasteiger partial charge < -0.3 is 14.6 Å². The molecule has 0 aliphatic rings. The van der Waals surface area contributed by atoms with Gasteiger partial charge in [-0.1, -0.05) is 28.1 Å². The maximum absolute atomic E-state index is 16.1. The minimum absolute atomic E-state index is 0.0220. The molecule has 202 valence electrons. The summed E-state index contributed by atoms with van der Waals surface area (Å²) in [5, 5.41) is 12.0. The summed E-state index contributed by atoms with van der Waals surface area (Å²) in [5.41, 5.74) is -1.85. The summed E-state index contributed by atoms with van der Waals surface area (Å²) in [4.78, 5) is 39.5. The molecule has 0 aliphatic heterocycles. The molecule has 2 N–H and O–H groups in total. The van der Waals surface area contributed by atoms with Gasteiger partial charge in [0.2, 0.25) is 0 Å². The van der Waals surface area contributed by atoms with Gasteiger partial charge in [0.25, 0.3) is 0 Å². The van der Waals surface area contributed by atoms with E-state index in [0.717, 1.165) is 14.3 Å². The number of hydrogen-bond donors (Lipinski definition) is 2. The first kappa shape index (κ1) is 29.9. The maximum atomic E-state index is 16.1. The average Bonchev–Trinajstić information content (AvgIpc) is 2.74. The van der Waals surface area contributed by atoms with E-state index >= 15 is 4.39 Å². The molecule has 3 amide bonds. The number of amides is 3. The number of nitrogens with one attached hydrogen (secondary N) is 1. The van der Waals surface area contributed by atoms with E-state index in [9.17, 15) is 19.5 Å². The van der Waals surface area contributed by atoms with Gasteiger partial charge in [0.15, 0.2) is 5.82 Å². The van der Waals surface area contributed by atoms with Gasteiger partial charge in [-0.05, 0) is 78.3 Å². The van der Waals surface area contributed by atoms with Crippen molar-refractivity contribution < 1.29 is 33.4 Å². The molecule has 37 heavy (non-hydrogen) atoms. The van der Waals surface area contributed by atoms with Gasteiger partial charge in [-0.25, -0.2) is 18.8 Å². The van der Waals surface area contributed by atoms with Crippen LogP contribution in [0.1, 0.15) is 54.0 Å². The third kappa shape index (κ3) is 8.63. The van der Waals surface area contributed by atoms with Crippen molar-refractivity contribution in [1.29, 1.82) is 0 Å². The van der Waals surface area contributed by atoms with Crippen molar-refractivity contribution in [2.45, 2.75) is 66.2 Å². The number of carbonyl (C=O) groups excluding carboxylic acids is 2. The molecule has 0 aliphatic carbocycles. The average molecular weight is 582 g/mol. The molecule has 0 bridgehead atoms. The number of halogens is 2. The summed E-state index contributed by atoms with van der Waals surface area (Å²) in [6, 6.07) is 9.68. The Kier molecular flexibility index (Phi) is 9.54. The lowest BCUT2D eigenvalue weighted by Crippen LogP contribution is -2.37. The number of ether oxygens (including phenoxy) is 2. The SMILES string of the molecule is CCN(C(=O)O)c1ccc(N(Cc2ccc(Br)cc2)C(=O)OC(C)(C)C)c(F)c1NC(=O)OC(C)(C)C. The van der Waals surface area contributed by atoms with E-state index in [1.54, 1.807) is 72.7 Å². The standard InChI is InChI=1S/C26H33BrFN3O6/c1-8-30(23(33)34)19-14-13-18(20(28)21(19)29-22(32)36-25(2,3)4)31(24(35)37-26(5,6)7)15-16-9-11-17(27)12-10-16/h9-14H,8,15H2,1-7H3,(H,29,32)(H,33,34). The number of benzene rings is 2. The highest BCUT2D eigenvalue weighted by Gasteiger charge is 2.30. The van der Waals surface area contributed by atoms with Crippen LogP contribution in [0.4, 0.5) is 35.8 Å². The number of carboxylic acid groups (broad SMARTS) is 1. The van der Waals surface area contributed by atoms with Crippen LogP contribution in [0.2, 0.25) is 0 Å². The Morgan fingerprint density at radius 3 is 1.95 bits per heavy atom. The molecule has 9 nitrogen and oxygen atoms in total. The Bertz CT molecular complexity index is 1140. The highest BCUT2D eigenvalue weighted by Crippen LogP contribution is 2.37. The monoisotopic (exact) mass is 581 g/mol. The second-order valence-corrected chi connectivity index (χ2v) is 11.1. The van der Waals surface area contributed by atoms with Crippen LogP contribution >= 0.6 is 15.9 Å². The molecule has 0 saturated carbocycles. The lowest BCUT2D eigenvalue weighted by Gasteiger charge is -2.29. The second kappa shape index (κ2) is 11.8. The fourth-order valence-corrected chi connectivity index (χ4v) is 3.52. The third-order valence-electron chi connectivity index (χ3n) is 4.72. The molecule has 0 aromatic heterocycles. The smallest absolute Gasteiger partial charge is 0.415 e. The van der Waals surface area contributed by atoms with Gasteiger partial charge in [-0.15, -0.1) is 0 Å². The van der Waals surface area contributed by atoms with E-state index in [2.05, 4.69) is 21.2 Å². The molecule has 0 unspecified atom stereocenters. The maximum Gasteiger partial charge on any atom is 0.415 e. The van der Waals surface area contributed by atoms with Gasteiger partial charge in [0, 0.05) is 11.0 Å². The van der Waals surface area contributed by atoms with E-state index in [4.69, 9.17) is 9.47 Å². The Morgan fingerprint density at radius 2 is 1.46 bits per heavy atom. The van der Waals surface area contributed by atoms with Crippen molar-refractivity contribution in [3.63, 3.8) is 0 Å². The molecule has 0 atom stereocenters. The summed E-state index contributed by atoms with van der Waals surface area (Å²) in [7, 11) is 0. The molecule has 0 fully saturated rings. The first-order valence-corrected chi connectivity index (χ1v) is 12.4. The van der Waals surface area contributed by atoms with Crippen molar-refractivity contribution in [3.8, 4) is 0 Å². The van der Waals surface area contributed by atoms with Gasteiger partial charge in [0.1, 0.15) is 16.9 Å². The minimum Gasteiger partial charge on any atom is -0.465 e. The molecule has 2 aromatic carbocycles. The Labute approximate surface area is 224 Å². The van der Waals surface area contributed by atoms with E-state index in [1.807, 2.05) is 0 Å². The van der Waals surface area contributed by atoms with Crippen molar-refractivity contribution in [1.82, 2.24) is 0 Å². The van der Waals surface area contributed by atoms with Crippen LogP contribution in [0.5, 0.6) is 0 Å². The number of nitrogens with zero attached hydrogens (tertiary/aromatic N) is 2. The van der Waals surface area contributed by atoms with Crippen LogP contribution in [0.15, 0.2) is 40.9 Å². The normalized spacial score (nSPS) is 11.5. The third-order valence-corrected chi connectivity index (χ3v) is 5.25. The predicted molar refractivity (Wildman–Crippen MR) is 144 cm³/mol. The van der Waals surface area contributed by atoms with E-state index in [0.29, 0.717) is 5.56 Å². The summed E-state index contributed by atoms with van der Waals surface area (Å²) < 4.78 is 27.8. The van der Waals surface area contributed by atoms with Gasteiger partial charge in [0.05, 0.1) is 17.9 Å². The zero-order valence-corrected chi connectivity index (χ0v) is 23.6. The van der Waals surface area contributed by atoms with Crippen molar-refractivity contribution in [2.75, 3.05) is 21.7 Å². The fraction of sp³-hybridized carbons (Fsp3) is 0.423. The molecule has 0 spiro atoms. The van der Waals surface area contributed by atoms with Gasteiger partial charge in [-0.3, -0.25) is 15.1 Å². The molecular weight excluding hydrogens is 549 g/mol. The lowest BCUT2D eigenvalue weighted by atomic mass is 10.1. The number of carbonyl (C=O) groups is 3. The zero-order chi connectivity index (χ0) is 28.1. The molecule has 11 heteroatoms. The van der Waals surface area contributed by atoms with E-state index in [-0.39, 0.29) is 24.5 Å². The molecule has 0 heterocycles. The van der Waals surface area contributed by atoms with Crippen LogP contribution in [0, 0.1) is 5.82 Å². The summed E-state index contributed by atoms with van der Waals surface area (Å²) in [5.74, 6) is -1.02. The molecule has 0 saturated heterocycles. The predicted octanol–water partition coefficient (Wildman–Crippen LogP) is 7.38. The van der Waals surface area contributed by atoms with E-state index in [1.165, 1.54) is 12.1 Å². The summed E-state index contributed by atoms with van der Waals surface area (Å²) in [6.45, 7) is 11.5. The number of hydrogen-bond acceptors (Lipinski definition) is 5. The van der Waals surface area contributed by atoms with Crippen molar-refractivity contribution in [3.05, 3.63) is 52.3 Å². The van der Waals surface area contributed by atoms with Crippen molar-refractivity contribution in [2.24, 2.45) is 0 Å². The Morgan fingerprint density at radius 1 is 0.919 bits per heavy atom. The Hall–Kier alpha value is -3.34. The van der Waals surface area contributed by atoms with Crippen molar-refractivity contribution >= 4 is 51.3 Å². The fourth-order valence-electron chi connectivity index (χ4n) is 3.26. The van der Waals surface area contributed by atoms with Crippen LogP contribution in [0.25, 0.3) is 0 Å². The van der Waals surface area contributed by atoms with Crippen LogP contribution in [-0.4, -0.2) is 41.1 Å². The highest BCUT2D eigenvalue weighted by molar-refractivity contribution is 9.10. The highest BCUT2D eigenvalue weighted by atomic mass is 79.9. The van der Waals surface area contributed by atoms with Crippen LogP contribution in [-0.2, 0) is 16.0 Å². The molecule has 2 rings (SSSR count). The number of rotatable bonds is 6. The summed E-state index contributed by atoms with van der Waals surface area (Å²) >= 11 is 3.36. The largest absolute Gasteiger partial charge is 0.465 e. The molecule has 2 aromatic rings. The van der Waals surface area contributed by atoms with Gasteiger partial charge >= 0.3 is 18.3 Å². The Balaban J connectivity index is 2.67. The quantitative estimate of drug-likeness (QED) is 0.368. The van der Waals surface area contributed by atoms with E-state index < -0.39 is 41.0 Å². The second-order valence-electron chi connectivity index (χ2n) is 10.1. The first-order valence-electron chi connectivity index (χ1n) is 11.6. The van der Waals surface area contributed by atoms with Gasteiger partial charge in [-0.2, -0.15) is 0 Å². The minimum atomic E-state index is -1.35. The molecule has 0 radical (unpaired) electrons. The zero-order valence-electron chi connectivity index (χ0n) is 22.0. The lowest BCUT2D eigenvalue weighted by molar-refractivity contribution is 0.0575.